The van der Waals surface area contributed by atoms with Gasteiger partial charge in [0, 0.05) is 29.1 Å². The zero-order valence-electron chi connectivity index (χ0n) is 15.0. The summed E-state index contributed by atoms with van der Waals surface area (Å²) in [5, 5.41) is 3.60. The van der Waals surface area contributed by atoms with Crippen LogP contribution in [-0.2, 0) is 16.0 Å². The third-order valence-corrected chi connectivity index (χ3v) is 5.54. The summed E-state index contributed by atoms with van der Waals surface area (Å²) in [5.74, 6) is -0.509. The Labute approximate surface area is 173 Å². The predicted octanol–water partition coefficient (Wildman–Crippen LogP) is 4.49. The highest BCUT2D eigenvalue weighted by molar-refractivity contribution is 7.15. The van der Waals surface area contributed by atoms with Crippen LogP contribution >= 0.6 is 22.9 Å². The van der Waals surface area contributed by atoms with Crippen molar-refractivity contribution in [3.63, 3.8) is 0 Å². The quantitative estimate of drug-likeness (QED) is 0.733. The average molecular weight is 448 g/mol. The second-order valence-corrected chi connectivity index (χ2v) is 7.93. The maximum Gasteiger partial charge on any atom is 0.422 e. The number of benzene rings is 1. The number of likely N-dealkylation sites (tertiary alicyclic amines) is 1. The molecule has 0 spiro atoms. The fourth-order valence-corrected chi connectivity index (χ4v) is 3.99. The van der Waals surface area contributed by atoms with Gasteiger partial charge in [0.2, 0.25) is 5.91 Å². The van der Waals surface area contributed by atoms with E-state index in [-0.39, 0.29) is 6.54 Å². The fraction of sp³-hybridized carbons (Fsp3) is 0.389. The van der Waals surface area contributed by atoms with Crippen molar-refractivity contribution < 1.29 is 27.5 Å². The van der Waals surface area contributed by atoms with Gasteiger partial charge in [-0.1, -0.05) is 29.8 Å². The lowest BCUT2D eigenvalue weighted by Crippen LogP contribution is -2.44. The largest absolute Gasteiger partial charge is 0.440 e. The molecule has 1 atom stereocenters. The Morgan fingerprint density at radius 2 is 2.10 bits per heavy atom. The first kappa shape index (κ1) is 21.4. The van der Waals surface area contributed by atoms with Crippen molar-refractivity contribution in [2.45, 2.75) is 31.5 Å². The molecule has 2 amide bonds. The van der Waals surface area contributed by atoms with E-state index in [1.807, 2.05) is 18.2 Å². The molecule has 1 fully saturated rings. The monoisotopic (exact) mass is 447 g/mol. The van der Waals surface area contributed by atoms with Gasteiger partial charge in [0.15, 0.2) is 11.7 Å². The number of carbonyl (C=O) groups excluding carboxylic acids is 2. The summed E-state index contributed by atoms with van der Waals surface area (Å²) < 4.78 is 41.0. The van der Waals surface area contributed by atoms with Gasteiger partial charge in [0.1, 0.15) is 6.04 Å². The van der Waals surface area contributed by atoms with E-state index in [2.05, 4.69) is 15.0 Å². The number of anilines is 1. The standard InChI is InChI=1S/C18H17ClF3N3O3S/c19-13-5-2-1-4-11(13)8-12-9-23-16(29-12)24-15(26)14-6-3-7-25(14)17(27)28-10-18(20,21)22/h1-2,4-5,9,14H,3,6-8,10H2,(H,23,24,26). The summed E-state index contributed by atoms with van der Waals surface area (Å²) in [7, 11) is 0. The van der Waals surface area contributed by atoms with Gasteiger partial charge in [-0.3, -0.25) is 9.69 Å². The highest BCUT2D eigenvalue weighted by Crippen LogP contribution is 2.26. The minimum Gasteiger partial charge on any atom is -0.440 e. The van der Waals surface area contributed by atoms with Crippen LogP contribution < -0.4 is 5.32 Å². The highest BCUT2D eigenvalue weighted by Gasteiger charge is 2.37. The number of aromatic nitrogens is 1. The lowest BCUT2D eigenvalue weighted by atomic mass is 10.1. The molecule has 1 unspecified atom stereocenters. The van der Waals surface area contributed by atoms with Crippen LogP contribution in [0.5, 0.6) is 0 Å². The molecule has 6 nitrogen and oxygen atoms in total. The Balaban J connectivity index is 1.59. The van der Waals surface area contributed by atoms with E-state index >= 15 is 0 Å². The molecule has 11 heteroatoms. The molecule has 0 radical (unpaired) electrons. The maximum atomic E-state index is 12.5. The molecule has 1 aromatic heterocycles. The number of alkyl halides is 3. The molecule has 0 aliphatic carbocycles. The summed E-state index contributed by atoms with van der Waals surface area (Å²) in [5.41, 5.74) is 0.921. The predicted molar refractivity (Wildman–Crippen MR) is 102 cm³/mol. The van der Waals surface area contributed by atoms with Crippen LogP contribution in [0, 0.1) is 0 Å². The minimum atomic E-state index is -4.62. The van der Waals surface area contributed by atoms with Gasteiger partial charge in [-0.25, -0.2) is 9.78 Å². The first-order valence-corrected chi connectivity index (χ1v) is 9.91. The third-order valence-electron chi connectivity index (χ3n) is 4.26. The van der Waals surface area contributed by atoms with E-state index in [4.69, 9.17) is 11.6 Å². The number of thiazole rings is 1. The minimum absolute atomic E-state index is 0.157. The lowest BCUT2D eigenvalue weighted by molar-refractivity contribution is -0.162. The molecule has 3 rings (SSSR count). The number of amides is 2. The number of nitrogens with one attached hydrogen (secondary N) is 1. The van der Waals surface area contributed by atoms with Gasteiger partial charge in [-0.2, -0.15) is 13.2 Å². The van der Waals surface area contributed by atoms with E-state index < -0.39 is 30.8 Å². The SMILES string of the molecule is O=C(Nc1ncc(Cc2ccccc2Cl)s1)C1CCCN1C(=O)OCC(F)(F)F. The Kier molecular flexibility index (Phi) is 6.63. The molecule has 1 aromatic carbocycles. The maximum absolute atomic E-state index is 12.5. The number of carbonyl (C=O) groups is 2. The number of rotatable bonds is 5. The summed E-state index contributed by atoms with van der Waals surface area (Å²) in [6.45, 7) is -1.53. The van der Waals surface area contributed by atoms with Gasteiger partial charge in [-0.15, -0.1) is 11.3 Å². The molecule has 1 saturated heterocycles. The summed E-state index contributed by atoms with van der Waals surface area (Å²) >= 11 is 7.41. The van der Waals surface area contributed by atoms with Gasteiger partial charge in [0.25, 0.3) is 0 Å². The van der Waals surface area contributed by atoms with Crippen LogP contribution in [-0.4, -0.2) is 47.3 Å². The van der Waals surface area contributed by atoms with Crippen molar-refractivity contribution in [3.8, 4) is 0 Å². The van der Waals surface area contributed by atoms with Crippen molar-refractivity contribution in [2.75, 3.05) is 18.5 Å². The molecular formula is C18H17ClF3N3O3S. The first-order chi connectivity index (χ1) is 13.7. The molecule has 29 heavy (non-hydrogen) atoms. The Hall–Kier alpha value is -2.33. The smallest absolute Gasteiger partial charge is 0.422 e. The highest BCUT2D eigenvalue weighted by atomic mass is 35.5. The normalized spacial score (nSPS) is 16.7. The van der Waals surface area contributed by atoms with Crippen molar-refractivity contribution in [1.82, 2.24) is 9.88 Å². The van der Waals surface area contributed by atoms with Crippen molar-refractivity contribution in [3.05, 3.63) is 45.9 Å². The topological polar surface area (TPSA) is 71.5 Å². The van der Waals surface area contributed by atoms with E-state index in [0.717, 1.165) is 15.3 Å². The molecule has 1 aliphatic rings. The average Bonchev–Trinajstić information content (AvgIpc) is 3.30. The van der Waals surface area contributed by atoms with Crippen LogP contribution in [0.15, 0.2) is 30.5 Å². The van der Waals surface area contributed by atoms with E-state index in [1.54, 1.807) is 12.3 Å². The molecule has 2 aromatic rings. The van der Waals surface area contributed by atoms with Crippen molar-refractivity contribution in [1.29, 1.82) is 0 Å². The van der Waals surface area contributed by atoms with Crippen LogP contribution in [0.1, 0.15) is 23.3 Å². The van der Waals surface area contributed by atoms with Crippen LogP contribution in [0.3, 0.4) is 0 Å². The number of halogens is 4. The number of hydrogen-bond donors (Lipinski definition) is 1. The summed E-state index contributed by atoms with van der Waals surface area (Å²) in [4.78, 5) is 30.5. The second kappa shape index (κ2) is 9.00. The zero-order chi connectivity index (χ0) is 21.0. The molecule has 156 valence electrons. The molecule has 0 saturated carbocycles. The van der Waals surface area contributed by atoms with Gasteiger partial charge in [-0.05, 0) is 24.5 Å². The van der Waals surface area contributed by atoms with Crippen LogP contribution in [0.25, 0.3) is 0 Å². The Bertz CT molecular complexity index is 890. The van der Waals surface area contributed by atoms with E-state index in [1.165, 1.54) is 11.3 Å². The molecule has 1 aliphatic heterocycles. The first-order valence-electron chi connectivity index (χ1n) is 8.72. The summed E-state index contributed by atoms with van der Waals surface area (Å²) in [6, 6.07) is 6.48. The molecule has 1 N–H and O–H groups in total. The van der Waals surface area contributed by atoms with E-state index in [0.29, 0.717) is 29.4 Å². The second-order valence-electron chi connectivity index (χ2n) is 6.41. The van der Waals surface area contributed by atoms with Crippen molar-refractivity contribution in [2.24, 2.45) is 0 Å². The van der Waals surface area contributed by atoms with Crippen LogP contribution in [0.4, 0.5) is 23.1 Å². The Morgan fingerprint density at radius 1 is 1.34 bits per heavy atom. The summed E-state index contributed by atoms with van der Waals surface area (Å²) in [6.07, 6.45) is -2.77. The van der Waals surface area contributed by atoms with Crippen LogP contribution in [0.2, 0.25) is 5.02 Å². The number of ether oxygens (including phenoxy) is 1. The van der Waals surface area contributed by atoms with Gasteiger partial charge in [0.05, 0.1) is 0 Å². The molecule has 2 heterocycles. The number of nitrogens with zero attached hydrogens (tertiary/aromatic N) is 2. The fourth-order valence-electron chi connectivity index (χ4n) is 2.95. The molecule has 0 bridgehead atoms. The zero-order valence-corrected chi connectivity index (χ0v) is 16.6. The van der Waals surface area contributed by atoms with Crippen molar-refractivity contribution >= 4 is 40.1 Å². The third kappa shape index (κ3) is 5.83. The van der Waals surface area contributed by atoms with Gasteiger partial charge < -0.3 is 10.1 Å². The van der Waals surface area contributed by atoms with Gasteiger partial charge >= 0.3 is 12.3 Å². The number of hydrogen-bond acceptors (Lipinski definition) is 5. The van der Waals surface area contributed by atoms with E-state index in [9.17, 15) is 22.8 Å². The molecular weight excluding hydrogens is 431 g/mol. The lowest BCUT2D eigenvalue weighted by Gasteiger charge is -2.23. The Morgan fingerprint density at radius 3 is 2.83 bits per heavy atom.